The van der Waals surface area contributed by atoms with E-state index >= 15 is 0 Å². The first kappa shape index (κ1) is 15.0. The molecule has 1 aromatic rings. The molecule has 0 atom stereocenters. The maximum atomic E-state index is 11.9. The van der Waals surface area contributed by atoms with Gasteiger partial charge >= 0.3 is 0 Å². The van der Waals surface area contributed by atoms with Crippen molar-refractivity contribution in [3.05, 3.63) is 23.8 Å². The number of carbonyl (C=O) groups excluding carboxylic acids is 1. The van der Waals surface area contributed by atoms with Crippen molar-refractivity contribution in [3.63, 3.8) is 0 Å². The summed E-state index contributed by atoms with van der Waals surface area (Å²) in [6.45, 7) is 1.74. The van der Waals surface area contributed by atoms with Gasteiger partial charge in [-0.05, 0) is 30.5 Å². The SMILES string of the molecule is CN(Cc1ccc2c(c1)OCCO2)C(=O)CCCCCl. The molecule has 1 aliphatic rings. The Labute approximate surface area is 124 Å². The lowest BCUT2D eigenvalue weighted by atomic mass is 10.1. The van der Waals surface area contributed by atoms with E-state index in [4.69, 9.17) is 21.1 Å². The van der Waals surface area contributed by atoms with Gasteiger partial charge in [0.2, 0.25) is 5.91 Å². The lowest BCUT2D eigenvalue weighted by Crippen LogP contribution is -2.26. The van der Waals surface area contributed by atoms with Crippen molar-refractivity contribution in [1.82, 2.24) is 4.90 Å². The Bertz CT molecular complexity index is 464. The van der Waals surface area contributed by atoms with Crippen LogP contribution in [0, 0.1) is 0 Å². The maximum absolute atomic E-state index is 11.9. The molecule has 20 heavy (non-hydrogen) atoms. The third kappa shape index (κ3) is 4.04. The fraction of sp³-hybridized carbons (Fsp3) is 0.533. The first-order valence-corrected chi connectivity index (χ1v) is 7.42. The van der Waals surface area contributed by atoms with E-state index in [9.17, 15) is 4.79 Å². The summed E-state index contributed by atoms with van der Waals surface area (Å²) in [6, 6.07) is 5.81. The molecule has 4 nitrogen and oxygen atoms in total. The predicted molar refractivity (Wildman–Crippen MR) is 78.5 cm³/mol. The van der Waals surface area contributed by atoms with E-state index in [1.54, 1.807) is 4.90 Å². The lowest BCUT2D eigenvalue weighted by Gasteiger charge is -2.21. The number of ether oxygens (including phenoxy) is 2. The summed E-state index contributed by atoms with van der Waals surface area (Å²) in [5, 5.41) is 0. The summed E-state index contributed by atoms with van der Waals surface area (Å²) in [4.78, 5) is 13.7. The van der Waals surface area contributed by atoms with Gasteiger partial charge in [0.05, 0.1) is 0 Å². The van der Waals surface area contributed by atoms with Crippen molar-refractivity contribution in [2.75, 3.05) is 26.1 Å². The van der Waals surface area contributed by atoms with Crippen LogP contribution in [0.2, 0.25) is 0 Å². The number of nitrogens with zero attached hydrogens (tertiary/aromatic N) is 1. The number of amides is 1. The molecule has 1 aliphatic heterocycles. The Balaban J connectivity index is 1.90. The number of halogens is 1. The van der Waals surface area contributed by atoms with Crippen molar-refractivity contribution in [3.8, 4) is 11.5 Å². The van der Waals surface area contributed by atoms with E-state index in [1.165, 1.54) is 0 Å². The average molecular weight is 298 g/mol. The summed E-state index contributed by atoms with van der Waals surface area (Å²) in [7, 11) is 1.82. The van der Waals surface area contributed by atoms with Gasteiger partial charge in [0.15, 0.2) is 11.5 Å². The molecule has 0 unspecified atom stereocenters. The summed E-state index contributed by atoms with van der Waals surface area (Å²) in [5.74, 6) is 2.29. The molecule has 5 heteroatoms. The molecule has 1 amide bonds. The average Bonchev–Trinajstić information content (AvgIpc) is 2.47. The van der Waals surface area contributed by atoms with Gasteiger partial charge in [-0.15, -0.1) is 11.6 Å². The fourth-order valence-electron chi connectivity index (χ4n) is 2.11. The van der Waals surface area contributed by atoms with Crippen LogP contribution in [0.25, 0.3) is 0 Å². The van der Waals surface area contributed by atoms with E-state index in [0.29, 0.717) is 32.1 Å². The molecule has 0 saturated carbocycles. The highest BCUT2D eigenvalue weighted by molar-refractivity contribution is 6.17. The van der Waals surface area contributed by atoms with E-state index in [-0.39, 0.29) is 5.91 Å². The van der Waals surface area contributed by atoms with Crippen molar-refractivity contribution in [2.24, 2.45) is 0 Å². The normalized spacial score (nSPS) is 13.1. The second kappa shape index (κ2) is 7.39. The highest BCUT2D eigenvalue weighted by Crippen LogP contribution is 2.31. The van der Waals surface area contributed by atoms with Crippen LogP contribution in [0.5, 0.6) is 11.5 Å². The van der Waals surface area contributed by atoms with E-state index in [1.807, 2.05) is 25.2 Å². The molecule has 0 radical (unpaired) electrons. The third-order valence-electron chi connectivity index (χ3n) is 3.23. The summed E-state index contributed by atoms with van der Waals surface area (Å²) in [5.41, 5.74) is 1.04. The zero-order chi connectivity index (χ0) is 14.4. The van der Waals surface area contributed by atoms with Gasteiger partial charge in [-0.3, -0.25) is 4.79 Å². The second-order valence-corrected chi connectivity index (χ2v) is 5.25. The first-order valence-electron chi connectivity index (χ1n) is 6.89. The topological polar surface area (TPSA) is 38.8 Å². The molecule has 0 N–H and O–H groups in total. The van der Waals surface area contributed by atoms with Crippen LogP contribution in [0.1, 0.15) is 24.8 Å². The Morgan fingerprint density at radius 3 is 2.75 bits per heavy atom. The van der Waals surface area contributed by atoms with E-state index in [2.05, 4.69) is 0 Å². The minimum atomic E-state index is 0.144. The number of hydrogen-bond acceptors (Lipinski definition) is 3. The lowest BCUT2D eigenvalue weighted by molar-refractivity contribution is -0.130. The van der Waals surface area contributed by atoms with Gasteiger partial charge in [0.25, 0.3) is 0 Å². The molecule has 0 saturated heterocycles. The van der Waals surface area contributed by atoms with Crippen LogP contribution < -0.4 is 9.47 Å². The van der Waals surface area contributed by atoms with Gasteiger partial charge in [-0.25, -0.2) is 0 Å². The predicted octanol–water partition coefficient (Wildman–Crippen LogP) is 2.83. The number of carbonyl (C=O) groups is 1. The number of rotatable bonds is 6. The molecule has 0 spiro atoms. The molecule has 1 heterocycles. The van der Waals surface area contributed by atoms with Crippen molar-refractivity contribution >= 4 is 17.5 Å². The molecular weight excluding hydrogens is 278 g/mol. The molecular formula is C15H20ClNO3. The molecule has 0 aliphatic carbocycles. The Morgan fingerprint density at radius 2 is 2.00 bits per heavy atom. The number of unbranched alkanes of at least 4 members (excludes halogenated alkanes) is 1. The largest absolute Gasteiger partial charge is 0.486 e. The minimum Gasteiger partial charge on any atom is -0.486 e. The van der Waals surface area contributed by atoms with Crippen LogP contribution in [-0.2, 0) is 11.3 Å². The highest BCUT2D eigenvalue weighted by atomic mass is 35.5. The molecule has 0 aromatic heterocycles. The van der Waals surface area contributed by atoms with Gasteiger partial charge in [0.1, 0.15) is 13.2 Å². The van der Waals surface area contributed by atoms with Crippen molar-refractivity contribution < 1.29 is 14.3 Å². The van der Waals surface area contributed by atoms with Crippen LogP contribution in [-0.4, -0.2) is 36.9 Å². The number of hydrogen-bond donors (Lipinski definition) is 0. The molecule has 110 valence electrons. The van der Waals surface area contributed by atoms with Crippen molar-refractivity contribution in [2.45, 2.75) is 25.8 Å². The van der Waals surface area contributed by atoms with E-state index < -0.39 is 0 Å². The smallest absolute Gasteiger partial charge is 0.222 e. The molecule has 1 aromatic carbocycles. The Morgan fingerprint density at radius 1 is 1.25 bits per heavy atom. The summed E-state index contributed by atoms with van der Waals surface area (Å²) < 4.78 is 11.0. The Kier molecular flexibility index (Phi) is 5.53. The van der Waals surface area contributed by atoms with Crippen LogP contribution >= 0.6 is 11.6 Å². The second-order valence-electron chi connectivity index (χ2n) is 4.87. The van der Waals surface area contributed by atoms with Gasteiger partial charge in [-0.2, -0.15) is 0 Å². The molecule has 0 bridgehead atoms. The number of fused-ring (bicyclic) bond motifs is 1. The quantitative estimate of drug-likeness (QED) is 0.599. The molecule has 0 fully saturated rings. The van der Waals surface area contributed by atoms with Crippen LogP contribution in [0.4, 0.5) is 0 Å². The van der Waals surface area contributed by atoms with Crippen LogP contribution in [0.15, 0.2) is 18.2 Å². The summed E-state index contributed by atoms with van der Waals surface area (Å²) in [6.07, 6.45) is 2.27. The zero-order valence-corrected chi connectivity index (χ0v) is 12.5. The van der Waals surface area contributed by atoms with Crippen LogP contribution in [0.3, 0.4) is 0 Å². The minimum absolute atomic E-state index is 0.144. The monoisotopic (exact) mass is 297 g/mol. The number of benzene rings is 1. The van der Waals surface area contributed by atoms with E-state index in [0.717, 1.165) is 29.9 Å². The van der Waals surface area contributed by atoms with Gasteiger partial charge in [0, 0.05) is 25.9 Å². The summed E-state index contributed by atoms with van der Waals surface area (Å²) >= 11 is 5.61. The molecule has 2 rings (SSSR count). The fourth-order valence-corrected chi connectivity index (χ4v) is 2.30. The Hall–Kier alpha value is -1.42. The maximum Gasteiger partial charge on any atom is 0.222 e. The van der Waals surface area contributed by atoms with Gasteiger partial charge < -0.3 is 14.4 Å². The van der Waals surface area contributed by atoms with Gasteiger partial charge in [-0.1, -0.05) is 6.07 Å². The standard InChI is InChI=1S/C15H20ClNO3/c1-17(15(18)4-2-3-7-16)11-12-5-6-13-14(10-12)20-9-8-19-13/h5-6,10H,2-4,7-9,11H2,1H3. The first-order chi connectivity index (χ1) is 9.70. The van der Waals surface area contributed by atoms with Crippen molar-refractivity contribution in [1.29, 1.82) is 0 Å². The number of alkyl halides is 1. The zero-order valence-electron chi connectivity index (χ0n) is 11.7. The highest BCUT2D eigenvalue weighted by Gasteiger charge is 2.14. The third-order valence-corrected chi connectivity index (χ3v) is 3.49.